The number of nitrogens with one attached hydrogen (secondary N) is 1. The Morgan fingerprint density at radius 2 is 1.70 bits per heavy atom. The van der Waals surface area contributed by atoms with E-state index in [2.05, 4.69) is 10.3 Å². The van der Waals surface area contributed by atoms with Gasteiger partial charge in [-0.3, -0.25) is 19.9 Å². The fourth-order valence-corrected chi connectivity index (χ4v) is 3.67. The maximum Gasteiger partial charge on any atom is 0.407 e. The highest BCUT2D eigenvalue weighted by atomic mass is 16.6. The van der Waals surface area contributed by atoms with Crippen LogP contribution in [0.4, 0.5) is 16.2 Å². The molecule has 0 unspecified atom stereocenters. The van der Waals surface area contributed by atoms with E-state index in [0.29, 0.717) is 5.69 Å². The molecule has 2 amide bonds. The maximum absolute atomic E-state index is 13.1. The van der Waals surface area contributed by atoms with Gasteiger partial charge in [-0.2, -0.15) is 0 Å². The van der Waals surface area contributed by atoms with E-state index >= 15 is 0 Å². The summed E-state index contributed by atoms with van der Waals surface area (Å²) in [5.41, 5.74) is 0.305. The third kappa shape index (κ3) is 6.57. The summed E-state index contributed by atoms with van der Waals surface area (Å²) in [6.07, 6.45) is 1.68. The van der Waals surface area contributed by atoms with Crippen molar-refractivity contribution in [3.8, 4) is 5.75 Å². The third-order valence-corrected chi connectivity index (χ3v) is 5.42. The van der Waals surface area contributed by atoms with Crippen LogP contribution in [0.2, 0.25) is 0 Å². The van der Waals surface area contributed by atoms with Crippen LogP contribution >= 0.6 is 0 Å². The topological polar surface area (TPSA) is 124 Å². The van der Waals surface area contributed by atoms with Crippen LogP contribution in [0.15, 0.2) is 91.3 Å². The number of carbonyl (C=O) groups is 2. The average molecular weight is 501 g/mol. The van der Waals surface area contributed by atoms with Crippen molar-refractivity contribution in [3.05, 3.63) is 107 Å². The Labute approximate surface area is 212 Å². The Morgan fingerprint density at radius 3 is 2.51 bits per heavy atom. The number of nitro groups is 1. The molecule has 0 aliphatic rings. The van der Waals surface area contributed by atoms with Gasteiger partial charge in [-0.05, 0) is 23.6 Å². The number of hydrogen-bond acceptors (Lipinski definition) is 7. The van der Waals surface area contributed by atoms with Crippen molar-refractivity contribution in [1.29, 1.82) is 0 Å². The van der Waals surface area contributed by atoms with Gasteiger partial charge in [-0.25, -0.2) is 4.79 Å². The van der Waals surface area contributed by atoms with Gasteiger partial charge in [0, 0.05) is 23.3 Å². The zero-order valence-corrected chi connectivity index (χ0v) is 19.8. The maximum atomic E-state index is 13.1. The van der Waals surface area contributed by atoms with Gasteiger partial charge in [-0.15, -0.1) is 0 Å². The van der Waals surface area contributed by atoms with Gasteiger partial charge >= 0.3 is 6.09 Å². The minimum atomic E-state index is -0.654. The normalized spacial score (nSPS) is 10.5. The smallest absolute Gasteiger partial charge is 0.407 e. The highest BCUT2D eigenvalue weighted by Crippen LogP contribution is 2.25. The van der Waals surface area contributed by atoms with Crippen LogP contribution in [0.3, 0.4) is 0 Å². The molecule has 0 fully saturated rings. The SMILES string of the molecule is O=C(NCCOc1cccc2ccccc12)OCCN(C(=O)c1cncc([N+](=O)[O-])c1)c1ccccc1. The molecule has 10 nitrogen and oxygen atoms in total. The van der Waals surface area contributed by atoms with E-state index in [4.69, 9.17) is 9.47 Å². The minimum absolute atomic E-state index is 0.0332. The van der Waals surface area contributed by atoms with Gasteiger partial charge in [0.15, 0.2) is 0 Å². The van der Waals surface area contributed by atoms with E-state index in [1.54, 1.807) is 30.3 Å². The van der Waals surface area contributed by atoms with Crippen LogP contribution < -0.4 is 15.0 Å². The number of rotatable bonds is 10. The standard InChI is InChI=1S/C27H24N4O6/c32-26(21-17-23(31(34)35)19-28-18-21)30(22-9-2-1-3-10-22)14-16-37-27(33)29-13-15-36-25-12-6-8-20-7-4-5-11-24(20)25/h1-12,17-19H,13-16H2,(H,29,33). The quantitative estimate of drug-likeness (QED) is 0.192. The lowest BCUT2D eigenvalue weighted by Crippen LogP contribution is -2.36. The molecule has 188 valence electrons. The number of ether oxygens (including phenoxy) is 2. The predicted molar refractivity (Wildman–Crippen MR) is 138 cm³/mol. The van der Waals surface area contributed by atoms with Crippen LogP contribution in [0.5, 0.6) is 5.75 Å². The lowest BCUT2D eigenvalue weighted by atomic mass is 10.1. The molecule has 4 rings (SSSR count). The first-order valence-electron chi connectivity index (χ1n) is 11.5. The molecule has 0 saturated heterocycles. The first-order valence-corrected chi connectivity index (χ1v) is 11.5. The highest BCUT2D eigenvalue weighted by molar-refractivity contribution is 6.06. The lowest BCUT2D eigenvalue weighted by Gasteiger charge is -2.22. The second-order valence-corrected chi connectivity index (χ2v) is 7.87. The number of benzene rings is 3. The first-order chi connectivity index (χ1) is 18.0. The Balaban J connectivity index is 1.30. The number of pyridine rings is 1. The number of anilines is 1. The van der Waals surface area contributed by atoms with Crippen LogP contribution in [-0.4, -0.2) is 48.2 Å². The Hall–Kier alpha value is -4.99. The zero-order valence-electron chi connectivity index (χ0n) is 19.8. The fraction of sp³-hybridized carbons (Fsp3) is 0.148. The molecule has 0 saturated carbocycles. The van der Waals surface area contributed by atoms with Crippen molar-refractivity contribution in [2.45, 2.75) is 0 Å². The number of alkyl carbamates (subject to hydrolysis) is 1. The number of aromatic nitrogens is 1. The summed E-state index contributed by atoms with van der Waals surface area (Å²) in [6, 6.07) is 23.5. The van der Waals surface area contributed by atoms with Crippen LogP contribution in [0.25, 0.3) is 10.8 Å². The van der Waals surface area contributed by atoms with Gasteiger partial charge in [-0.1, -0.05) is 54.6 Å². The Morgan fingerprint density at radius 1 is 0.946 bits per heavy atom. The van der Waals surface area contributed by atoms with Crippen molar-refractivity contribution in [3.63, 3.8) is 0 Å². The molecular formula is C27H24N4O6. The molecule has 3 aromatic carbocycles. The molecule has 37 heavy (non-hydrogen) atoms. The second-order valence-electron chi connectivity index (χ2n) is 7.87. The molecule has 1 heterocycles. The number of hydrogen-bond donors (Lipinski definition) is 1. The molecule has 0 aliphatic heterocycles. The number of carbonyl (C=O) groups excluding carboxylic acids is 2. The van der Waals surface area contributed by atoms with Gasteiger partial charge in [0.1, 0.15) is 25.2 Å². The number of para-hydroxylation sites is 1. The van der Waals surface area contributed by atoms with Crippen molar-refractivity contribution >= 4 is 34.1 Å². The molecule has 0 spiro atoms. The van der Waals surface area contributed by atoms with Crippen LogP contribution in [0.1, 0.15) is 10.4 Å². The Bertz CT molecular complexity index is 1390. The summed E-state index contributed by atoms with van der Waals surface area (Å²) in [5.74, 6) is 0.218. The van der Waals surface area contributed by atoms with Crippen molar-refractivity contribution in [1.82, 2.24) is 10.3 Å². The van der Waals surface area contributed by atoms with Crippen LogP contribution in [-0.2, 0) is 4.74 Å². The predicted octanol–water partition coefficient (Wildman–Crippen LogP) is 4.60. The van der Waals surface area contributed by atoms with E-state index in [-0.39, 0.29) is 37.6 Å². The molecular weight excluding hydrogens is 476 g/mol. The molecule has 0 radical (unpaired) electrons. The van der Waals surface area contributed by atoms with Gasteiger partial charge in [0.05, 0.1) is 23.6 Å². The van der Waals surface area contributed by atoms with Crippen molar-refractivity contribution in [2.24, 2.45) is 0 Å². The van der Waals surface area contributed by atoms with Gasteiger partial charge in [0.25, 0.3) is 11.6 Å². The second kappa shape index (κ2) is 12.1. The molecule has 0 aliphatic carbocycles. The van der Waals surface area contributed by atoms with E-state index in [1.807, 2.05) is 42.5 Å². The summed E-state index contributed by atoms with van der Waals surface area (Å²) >= 11 is 0. The van der Waals surface area contributed by atoms with E-state index in [9.17, 15) is 19.7 Å². The molecule has 0 bridgehead atoms. The average Bonchev–Trinajstić information content (AvgIpc) is 2.93. The lowest BCUT2D eigenvalue weighted by molar-refractivity contribution is -0.385. The monoisotopic (exact) mass is 500 g/mol. The largest absolute Gasteiger partial charge is 0.491 e. The van der Waals surface area contributed by atoms with Crippen molar-refractivity contribution in [2.75, 3.05) is 31.2 Å². The molecule has 10 heteroatoms. The molecule has 1 aromatic heterocycles. The number of fused-ring (bicyclic) bond motifs is 1. The zero-order chi connectivity index (χ0) is 26.0. The summed E-state index contributed by atoms with van der Waals surface area (Å²) in [5, 5.41) is 15.7. The van der Waals surface area contributed by atoms with E-state index in [1.165, 1.54) is 11.1 Å². The van der Waals surface area contributed by atoms with Gasteiger partial charge < -0.3 is 19.7 Å². The van der Waals surface area contributed by atoms with Crippen LogP contribution in [0, 0.1) is 10.1 Å². The summed E-state index contributed by atoms with van der Waals surface area (Å²) < 4.78 is 11.0. The summed E-state index contributed by atoms with van der Waals surface area (Å²) in [6.45, 7) is 0.407. The highest BCUT2D eigenvalue weighted by Gasteiger charge is 2.21. The Kier molecular flexibility index (Phi) is 8.22. The molecule has 0 atom stereocenters. The van der Waals surface area contributed by atoms with E-state index in [0.717, 1.165) is 28.8 Å². The molecule has 1 N–H and O–H groups in total. The summed E-state index contributed by atoms with van der Waals surface area (Å²) in [4.78, 5) is 40.9. The summed E-state index contributed by atoms with van der Waals surface area (Å²) in [7, 11) is 0. The first kappa shape index (κ1) is 25.1. The van der Waals surface area contributed by atoms with Crippen molar-refractivity contribution < 1.29 is 24.0 Å². The third-order valence-electron chi connectivity index (χ3n) is 5.42. The number of nitrogens with zero attached hydrogens (tertiary/aromatic N) is 3. The minimum Gasteiger partial charge on any atom is -0.491 e. The van der Waals surface area contributed by atoms with E-state index < -0.39 is 16.9 Å². The fourth-order valence-electron chi connectivity index (χ4n) is 3.67. The molecule has 4 aromatic rings. The number of amides is 2. The van der Waals surface area contributed by atoms with Gasteiger partial charge in [0.2, 0.25) is 0 Å².